The Kier molecular flexibility index (Phi) is 6.71. The molecule has 2 aromatic heterocycles. The summed E-state index contributed by atoms with van der Waals surface area (Å²) in [6.07, 6.45) is -2.11. The van der Waals surface area contributed by atoms with E-state index in [9.17, 15) is 18.0 Å². The third-order valence-electron chi connectivity index (χ3n) is 3.76. The first-order valence-electron chi connectivity index (χ1n) is 8.19. The number of anilines is 1. The number of rotatable bonds is 6. The average Bonchev–Trinajstić information content (AvgIpc) is 3.11. The number of carbonyl (C=O) groups is 1. The lowest BCUT2D eigenvalue weighted by Gasteiger charge is -2.09. The van der Waals surface area contributed by atoms with E-state index in [-0.39, 0.29) is 28.1 Å². The Morgan fingerprint density at radius 1 is 1.17 bits per heavy atom. The number of aromatic amines is 1. The van der Waals surface area contributed by atoms with E-state index in [0.717, 1.165) is 29.6 Å². The molecule has 1 amide bonds. The van der Waals surface area contributed by atoms with E-state index < -0.39 is 11.7 Å². The van der Waals surface area contributed by atoms with Gasteiger partial charge in [-0.05, 0) is 23.8 Å². The van der Waals surface area contributed by atoms with Gasteiger partial charge in [-0.25, -0.2) is 4.98 Å². The Labute approximate surface area is 178 Å². The van der Waals surface area contributed by atoms with Gasteiger partial charge in [0.1, 0.15) is 10.8 Å². The van der Waals surface area contributed by atoms with Crippen LogP contribution < -0.4 is 5.32 Å². The molecule has 0 atom stereocenters. The summed E-state index contributed by atoms with van der Waals surface area (Å²) >= 11 is 12.8. The molecule has 0 saturated carbocycles. The number of amides is 1. The molecule has 0 radical (unpaired) electrons. The SMILES string of the molecule is O=C(CCSc1ncc(C(F)(F)F)cc1Cl)Nc1[nH]ncc1-c1ccc(Cl)cc1. The maximum Gasteiger partial charge on any atom is 0.417 e. The quantitative estimate of drug-likeness (QED) is 0.448. The Morgan fingerprint density at radius 2 is 1.90 bits per heavy atom. The van der Waals surface area contributed by atoms with Gasteiger partial charge in [-0.3, -0.25) is 9.89 Å². The highest BCUT2D eigenvalue weighted by Gasteiger charge is 2.31. The molecule has 152 valence electrons. The normalized spacial score (nSPS) is 11.5. The smallest absolute Gasteiger partial charge is 0.311 e. The molecule has 29 heavy (non-hydrogen) atoms. The monoisotopic (exact) mass is 460 g/mol. The maximum atomic E-state index is 12.6. The van der Waals surface area contributed by atoms with Crippen molar-refractivity contribution >= 4 is 46.7 Å². The van der Waals surface area contributed by atoms with E-state index in [1.54, 1.807) is 30.5 Å². The van der Waals surface area contributed by atoms with Gasteiger partial charge < -0.3 is 5.32 Å². The van der Waals surface area contributed by atoms with Gasteiger partial charge >= 0.3 is 6.18 Å². The number of nitrogens with one attached hydrogen (secondary N) is 2. The van der Waals surface area contributed by atoms with Gasteiger partial charge in [0.2, 0.25) is 5.91 Å². The van der Waals surface area contributed by atoms with Gasteiger partial charge in [-0.1, -0.05) is 35.3 Å². The second kappa shape index (κ2) is 9.06. The number of halogens is 5. The van der Waals surface area contributed by atoms with E-state index in [1.807, 2.05) is 0 Å². The number of hydrogen-bond donors (Lipinski definition) is 2. The van der Waals surface area contributed by atoms with Gasteiger partial charge in [0.15, 0.2) is 0 Å². The summed E-state index contributed by atoms with van der Waals surface area (Å²) in [6, 6.07) is 7.88. The minimum absolute atomic E-state index is 0.1000. The van der Waals surface area contributed by atoms with Crippen molar-refractivity contribution in [1.82, 2.24) is 15.2 Å². The summed E-state index contributed by atoms with van der Waals surface area (Å²) in [5.74, 6) is 0.432. The van der Waals surface area contributed by atoms with Gasteiger partial charge in [-0.15, -0.1) is 11.8 Å². The molecule has 2 heterocycles. The van der Waals surface area contributed by atoms with Crippen molar-refractivity contribution in [3.05, 3.63) is 58.3 Å². The zero-order valence-corrected chi connectivity index (χ0v) is 16.9. The predicted molar refractivity (Wildman–Crippen MR) is 107 cm³/mol. The van der Waals surface area contributed by atoms with Crippen molar-refractivity contribution in [2.75, 3.05) is 11.1 Å². The van der Waals surface area contributed by atoms with Crippen LogP contribution in [0.5, 0.6) is 0 Å². The van der Waals surface area contributed by atoms with Crippen LogP contribution in [0, 0.1) is 0 Å². The first kappa shape index (κ1) is 21.5. The number of alkyl halides is 3. The third kappa shape index (κ3) is 5.65. The lowest BCUT2D eigenvalue weighted by molar-refractivity contribution is -0.137. The summed E-state index contributed by atoms with van der Waals surface area (Å²) in [5, 5.41) is 10.1. The molecule has 5 nitrogen and oxygen atoms in total. The van der Waals surface area contributed by atoms with Crippen molar-refractivity contribution in [3.8, 4) is 11.1 Å². The van der Waals surface area contributed by atoms with Gasteiger partial charge in [-0.2, -0.15) is 18.3 Å². The lowest BCUT2D eigenvalue weighted by atomic mass is 10.1. The number of aromatic nitrogens is 3. The molecule has 11 heteroatoms. The minimum Gasteiger partial charge on any atom is -0.311 e. The molecule has 0 aliphatic carbocycles. The topological polar surface area (TPSA) is 70.7 Å². The van der Waals surface area contributed by atoms with Crippen LogP contribution in [-0.2, 0) is 11.0 Å². The molecule has 3 rings (SSSR count). The van der Waals surface area contributed by atoms with Gasteiger partial charge in [0.05, 0.1) is 16.8 Å². The highest BCUT2D eigenvalue weighted by Crippen LogP contribution is 2.34. The van der Waals surface area contributed by atoms with E-state index in [4.69, 9.17) is 23.2 Å². The van der Waals surface area contributed by atoms with Crippen LogP contribution in [-0.4, -0.2) is 26.8 Å². The zero-order chi connectivity index (χ0) is 21.0. The van der Waals surface area contributed by atoms with Crippen molar-refractivity contribution in [2.24, 2.45) is 0 Å². The predicted octanol–water partition coefficient (Wildman–Crippen LogP) is 5.92. The summed E-state index contributed by atoms with van der Waals surface area (Å²) in [6.45, 7) is 0. The van der Waals surface area contributed by atoms with E-state index in [2.05, 4.69) is 20.5 Å². The number of carbonyl (C=O) groups excluding carboxylic acids is 1. The first-order valence-corrected chi connectivity index (χ1v) is 9.93. The van der Waals surface area contributed by atoms with E-state index in [1.165, 1.54) is 0 Å². The van der Waals surface area contributed by atoms with Crippen LogP contribution in [0.3, 0.4) is 0 Å². The fourth-order valence-corrected chi connectivity index (χ4v) is 3.62. The summed E-state index contributed by atoms with van der Waals surface area (Å²) in [4.78, 5) is 15.9. The Hall–Kier alpha value is -2.23. The number of pyridine rings is 1. The fourth-order valence-electron chi connectivity index (χ4n) is 2.36. The van der Waals surface area contributed by atoms with Crippen LogP contribution in [0.25, 0.3) is 11.1 Å². The van der Waals surface area contributed by atoms with Crippen LogP contribution >= 0.6 is 35.0 Å². The zero-order valence-electron chi connectivity index (χ0n) is 14.6. The molecule has 2 N–H and O–H groups in total. The van der Waals surface area contributed by atoms with Crippen LogP contribution in [0.2, 0.25) is 10.0 Å². The molecule has 3 aromatic rings. The molecule has 0 saturated heterocycles. The molecule has 1 aromatic carbocycles. The van der Waals surface area contributed by atoms with Crippen LogP contribution in [0.1, 0.15) is 12.0 Å². The van der Waals surface area contributed by atoms with Crippen LogP contribution in [0.4, 0.5) is 19.0 Å². The van der Waals surface area contributed by atoms with E-state index >= 15 is 0 Å². The highest BCUT2D eigenvalue weighted by molar-refractivity contribution is 7.99. The number of nitrogens with zero attached hydrogens (tertiary/aromatic N) is 2. The number of thioether (sulfide) groups is 1. The standard InChI is InChI=1S/C18H13Cl2F3N4OS/c19-12-3-1-10(2-4-12)13-9-25-27-16(13)26-15(28)5-6-29-17-14(20)7-11(8-24-17)18(21,22)23/h1-4,7-9H,5-6H2,(H2,25,26,27,28). The molecule has 0 unspecified atom stereocenters. The molecule has 0 aliphatic heterocycles. The summed E-state index contributed by atoms with van der Waals surface area (Å²) < 4.78 is 37.9. The van der Waals surface area contributed by atoms with Gasteiger partial charge in [0.25, 0.3) is 0 Å². The molecule has 0 fully saturated rings. The van der Waals surface area contributed by atoms with Gasteiger partial charge in [0, 0.05) is 29.0 Å². The molecule has 0 bridgehead atoms. The van der Waals surface area contributed by atoms with E-state index in [0.29, 0.717) is 16.4 Å². The third-order valence-corrected chi connectivity index (χ3v) is 5.42. The average molecular weight is 461 g/mol. The van der Waals surface area contributed by atoms with Crippen molar-refractivity contribution in [3.63, 3.8) is 0 Å². The van der Waals surface area contributed by atoms with Crippen molar-refractivity contribution in [1.29, 1.82) is 0 Å². The largest absolute Gasteiger partial charge is 0.417 e. The molecule has 0 aliphatic rings. The minimum atomic E-state index is -4.51. The summed E-state index contributed by atoms with van der Waals surface area (Å²) in [7, 11) is 0. The number of benzene rings is 1. The first-order chi connectivity index (χ1) is 13.7. The maximum absolute atomic E-state index is 12.6. The van der Waals surface area contributed by atoms with Crippen LogP contribution in [0.15, 0.2) is 47.8 Å². The van der Waals surface area contributed by atoms with Crippen molar-refractivity contribution in [2.45, 2.75) is 17.6 Å². The fraction of sp³-hybridized carbons (Fsp3) is 0.167. The Morgan fingerprint density at radius 3 is 2.55 bits per heavy atom. The second-order valence-corrected chi connectivity index (χ2v) is 7.75. The molecule has 0 spiro atoms. The highest BCUT2D eigenvalue weighted by atomic mass is 35.5. The lowest BCUT2D eigenvalue weighted by Crippen LogP contribution is -2.13. The summed E-state index contributed by atoms with van der Waals surface area (Å²) in [5.41, 5.74) is 0.613. The number of hydrogen-bond acceptors (Lipinski definition) is 4. The number of H-pyrrole nitrogens is 1. The Balaban J connectivity index is 1.56. The Bertz CT molecular complexity index is 1010. The molecular weight excluding hydrogens is 448 g/mol. The second-order valence-electron chi connectivity index (χ2n) is 5.82. The van der Waals surface area contributed by atoms with Crippen molar-refractivity contribution < 1.29 is 18.0 Å². The molecular formula is C18H13Cl2F3N4OS.